The number of sulfonamides is 1. The normalized spacial score (nSPS) is 12.4. The summed E-state index contributed by atoms with van der Waals surface area (Å²) in [6, 6.07) is 3.59. The van der Waals surface area contributed by atoms with Crippen LogP contribution in [0.4, 0.5) is 5.69 Å². The van der Waals surface area contributed by atoms with Crippen LogP contribution >= 0.6 is 11.3 Å². The van der Waals surface area contributed by atoms with Crippen LogP contribution in [0.15, 0.2) is 39.7 Å². The van der Waals surface area contributed by atoms with Crippen LogP contribution in [0, 0.1) is 0 Å². The van der Waals surface area contributed by atoms with Gasteiger partial charge in [-0.1, -0.05) is 0 Å². The smallest absolute Gasteiger partial charge is 0.242 e. The minimum absolute atomic E-state index is 0.0146. The largest absolute Gasteiger partial charge is 0.398 e. The first-order chi connectivity index (χ1) is 9.70. The molecule has 0 saturated carbocycles. The Hall–Kier alpha value is -1.49. The number of nitrogens with zero attached hydrogens (tertiary/aromatic N) is 1. The third kappa shape index (κ3) is 3.79. The van der Waals surface area contributed by atoms with Gasteiger partial charge in [-0.05, 0) is 18.2 Å². The number of rotatable bonds is 5. The van der Waals surface area contributed by atoms with Crippen molar-refractivity contribution in [3.8, 4) is 0 Å². The van der Waals surface area contributed by atoms with E-state index < -0.39 is 19.9 Å². The molecule has 0 bridgehead atoms. The zero-order valence-corrected chi connectivity index (χ0v) is 13.4. The summed E-state index contributed by atoms with van der Waals surface area (Å²) in [5.74, 6) is 0. The van der Waals surface area contributed by atoms with Crippen molar-refractivity contribution < 1.29 is 16.8 Å². The number of hydrogen-bond donors (Lipinski definition) is 2. The Morgan fingerprint density at radius 2 is 2.00 bits per heavy atom. The predicted molar refractivity (Wildman–Crippen MR) is 80.1 cm³/mol. The number of nitrogens with two attached hydrogens (primary N) is 1. The Labute approximate surface area is 126 Å². The van der Waals surface area contributed by atoms with Gasteiger partial charge in [0, 0.05) is 23.9 Å². The molecule has 1 heterocycles. The average Bonchev–Trinajstić information content (AvgIpc) is 2.88. The van der Waals surface area contributed by atoms with Gasteiger partial charge in [-0.3, -0.25) is 4.98 Å². The predicted octanol–water partition coefficient (Wildman–Crippen LogP) is 0.607. The summed E-state index contributed by atoms with van der Waals surface area (Å²) in [7, 11) is -7.43. The van der Waals surface area contributed by atoms with Crippen LogP contribution in [-0.2, 0) is 26.4 Å². The molecule has 10 heteroatoms. The standard InChI is InChI=1S/C11H13N3O4S3/c1-20(15,16)9-2-3-10(12)11(4-9)21(17,18)14-6-8-5-13-7-19-8/h2-5,7,14H,6,12H2,1H3. The summed E-state index contributed by atoms with van der Waals surface area (Å²) in [4.78, 5) is 4.22. The van der Waals surface area contributed by atoms with Gasteiger partial charge in [-0.2, -0.15) is 0 Å². The lowest BCUT2D eigenvalue weighted by Gasteiger charge is -2.09. The zero-order valence-electron chi connectivity index (χ0n) is 11.0. The molecule has 2 aromatic rings. The zero-order chi connectivity index (χ0) is 15.7. The SMILES string of the molecule is CS(=O)(=O)c1ccc(N)c(S(=O)(=O)NCc2cncs2)c1. The monoisotopic (exact) mass is 347 g/mol. The number of sulfone groups is 1. The number of thiazole rings is 1. The first-order valence-electron chi connectivity index (χ1n) is 5.67. The number of nitrogen functional groups attached to an aromatic ring is 1. The fourth-order valence-corrected chi connectivity index (χ4v) is 4.06. The first kappa shape index (κ1) is 15.9. The van der Waals surface area contributed by atoms with E-state index in [9.17, 15) is 16.8 Å². The van der Waals surface area contributed by atoms with Crippen LogP contribution in [0.25, 0.3) is 0 Å². The van der Waals surface area contributed by atoms with Crippen LogP contribution in [-0.4, -0.2) is 28.1 Å². The lowest BCUT2D eigenvalue weighted by atomic mass is 10.3. The molecule has 0 unspecified atom stereocenters. The van der Waals surface area contributed by atoms with Crippen LogP contribution < -0.4 is 10.5 Å². The summed E-state index contributed by atoms with van der Waals surface area (Å²) >= 11 is 1.31. The molecular weight excluding hydrogens is 334 g/mol. The lowest BCUT2D eigenvalue weighted by Crippen LogP contribution is -2.24. The van der Waals surface area contributed by atoms with Gasteiger partial charge >= 0.3 is 0 Å². The van der Waals surface area contributed by atoms with Crippen molar-refractivity contribution in [2.75, 3.05) is 12.0 Å². The molecule has 0 aliphatic rings. The minimum atomic E-state index is -3.91. The van der Waals surface area contributed by atoms with E-state index in [0.29, 0.717) is 0 Å². The second kappa shape index (κ2) is 5.72. The van der Waals surface area contributed by atoms with Crippen molar-refractivity contribution in [3.63, 3.8) is 0 Å². The van der Waals surface area contributed by atoms with Crippen LogP contribution in [0.2, 0.25) is 0 Å². The summed E-state index contributed by atoms with van der Waals surface area (Å²) < 4.78 is 49.8. The fraction of sp³-hybridized carbons (Fsp3) is 0.182. The van der Waals surface area contributed by atoms with Gasteiger partial charge in [0.2, 0.25) is 10.0 Å². The molecule has 1 aromatic heterocycles. The van der Waals surface area contributed by atoms with Crippen LogP contribution in [0.1, 0.15) is 4.88 Å². The molecule has 2 rings (SSSR count). The lowest BCUT2D eigenvalue weighted by molar-refractivity contribution is 0.582. The van der Waals surface area contributed by atoms with Gasteiger partial charge in [0.15, 0.2) is 9.84 Å². The summed E-state index contributed by atoms with van der Waals surface area (Å²) in [6.45, 7) is 0.0650. The minimum Gasteiger partial charge on any atom is -0.398 e. The number of nitrogens with one attached hydrogen (secondary N) is 1. The molecule has 0 spiro atoms. The average molecular weight is 347 g/mol. The van der Waals surface area contributed by atoms with E-state index in [0.717, 1.165) is 17.2 Å². The number of aromatic nitrogens is 1. The molecule has 0 aliphatic heterocycles. The topological polar surface area (TPSA) is 119 Å². The Morgan fingerprint density at radius 1 is 1.29 bits per heavy atom. The number of anilines is 1. The van der Waals surface area contributed by atoms with Crippen molar-refractivity contribution >= 4 is 36.9 Å². The van der Waals surface area contributed by atoms with E-state index >= 15 is 0 Å². The molecule has 0 atom stereocenters. The molecule has 0 amide bonds. The van der Waals surface area contributed by atoms with Gasteiger partial charge in [0.25, 0.3) is 0 Å². The molecule has 0 radical (unpaired) electrons. The first-order valence-corrected chi connectivity index (χ1v) is 9.92. The Balaban J connectivity index is 2.35. The van der Waals surface area contributed by atoms with Crippen LogP contribution in [0.3, 0.4) is 0 Å². The van der Waals surface area contributed by atoms with E-state index in [1.807, 2.05) is 0 Å². The highest BCUT2D eigenvalue weighted by atomic mass is 32.2. The van der Waals surface area contributed by atoms with E-state index in [1.165, 1.54) is 23.5 Å². The molecule has 3 N–H and O–H groups in total. The highest BCUT2D eigenvalue weighted by Crippen LogP contribution is 2.22. The molecule has 1 aromatic carbocycles. The maximum absolute atomic E-state index is 12.2. The summed E-state index contributed by atoms with van der Waals surface area (Å²) in [5, 5.41) is 0. The maximum Gasteiger partial charge on any atom is 0.242 e. The summed E-state index contributed by atoms with van der Waals surface area (Å²) in [6.07, 6.45) is 2.54. The fourth-order valence-electron chi connectivity index (χ4n) is 1.55. The van der Waals surface area contributed by atoms with Crippen molar-refractivity contribution in [1.82, 2.24) is 9.71 Å². The third-order valence-corrected chi connectivity index (χ3v) is 5.97. The second-order valence-corrected chi connectivity index (χ2v) is 8.99. The quantitative estimate of drug-likeness (QED) is 0.765. The highest BCUT2D eigenvalue weighted by Gasteiger charge is 2.20. The molecule has 114 valence electrons. The third-order valence-electron chi connectivity index (χ3n) is 2.62. The van der Waals surface area contributed by atoms with E-state index in [2.05, 4.69) is 9.71 Å². The van der Waals surface area contributed by atoms with Crippen molar-refractivity contribution in [2.24, 2.45) is 0 Å². The van der Waals surface area contributed by atoms with E-state index in [4.69, 9.17) is 5.73 Å². The molecule has 0 aliphatic carbocycles. The summed E-state index contributed by atoms with van der Waals surface area (Å²) in [5.41, 5.74) is 7.22. The van der Waals surface area contributed by atoms with Gasteiger partial charge in [-0.15, -0.1) is 11.3 Å². The Bertz CT molecular complexity index is 843. The van der Waals surface area contributed by atoms with Crippen LogP contribution in [0.5, 0.6) is 0 Å². The van der Waals surface area contributed by atoms with Gasteiger partial charge < -0.3 is 5.73 Å². The van der Waals surface area contributed by atoms with Crippen molar-refractivity contribution in [2.45, 2.75) is 16.3 Å². The maximum atomic E-state index is 12.2. The van der Waals surface area contributed by atoms with Crippen molar-refractivity contribution in [3.05, 3.63) is 34.8 Å². The Morgan fingerprint density at radius 3 is 2.57 bits per heavy atom. The highest BCUT2D eigenvalue weighted by molar-refractivity contribution is 7.91. The molecule has 0 saturated heterocycles. The Kier molecular flexibility index (Phi) is 4.33. The van der Waals surface area contributed by atoms with Gasteiger partial charge in [-0.25, -0.2) is 21.6 Å². The molecule has 7 nitrogen and oxygen atoms in total. The van der Waals surface area contributed by atoms with E-state index in [-0.39, 0.29) is 22.0 Å². The van der Waals surface area contributed by atoms with Gasteiger partial charge in [0.1, 0.15) is 4.90 Å². The van der Waals surface area contributed by atoms with Gasteiger partial charge in [0.05, 0.1) is 16.1 Å². The number of benzene rings is 1. The molecular formula is C11H13N3O4S3. The second-order valence-electron chi connectivity index (χ2n) is 4.26. The van der Waals surface area contributed by atoms with E-state index in [1.54, 1.807) is 11.7 Å². The molecule has 21 heavy (non-hydrogen) atoms. The van der Waals surface area contributed by atoms with Crippen molar-refractivity contribution in [1.29, 1.82) is 0 Å². The number of hydrogen-bond acceptors (Lipinski definition) is 7. The molecule has 0 fully saturated rings.